The number of fused-ring (bicyclic) bond motifs is 1. The number of ether oxygens (including phenoxy) is 2. The molecule has 1 aliphatic rings. The van der Waals surface area contributed by atoms with Crippen molar-refractivity contribution < 1.29 is 14.3 Å². The van der Waals surface area contributed by atoms with E-state index in [9.17, 15) is 4.79 Å². The summed E-state index contributed by atoms with van der Waals surface area (Å²) in [4.78, 5) is 12.0. The number of methoxy groups -OCH3 is 2. The number of benzene rings is 2. The molecule has 1 aliphatic carbocycles. The molecule has 3 nitrogen and oxygen atoms in total. The van der Waals surface area contributed by atoms with Crippen LogP contribution in [0.15, 0.2) is 54.1 Å². The van der Waals surface area contributed by atoms with Crippen molar-refractivity contribution in [2.75, 3.05) is 14.2 Å². The zero-order chi connectivity index (χ0) is 15.5. The molecule has 0 bridgehead atoms. The minimum atomic E-state index is -0.323. The first-order valence-electron chi connectivity index (χ1n) is 6.98. The molecule has 0 heterocycles. The van der Waals surface area contributed by atoms with E-state index in [2.05, 4.69) is 0 Å². The van der Waals surface area contributed by atoms with Gasteiger partial charge in [-0.3, -0.25) is 0 Å². The number of hydrogen-bond acceptors (Lipinski definition) is 3. The van der Waals surface area contributed by atoms with Gasteiger partial charge in [-0.25, -0.2) is 4.79 Å². The quantitative estimate of drug-likeness (QED) is 0.807. The summed E-state index contributed by atoms with van der Waals surface area (Å²) in [5, 5.41) is 0. The molecule has 0 amide bonds. The highest BCUT2D eigenvalue weighted by molar-refractivity contribution is 6.18. The van der Waals surface area contributed by atoms with E-state index in [1.165, 1.54) is 7.11 Å². The van der Waals surface area contributed by atoms with E-state index in [4.69, 9.17) is 9.47 Å². The molecule has 110 valence electrons. The average Bonchev–Trinajstić information content (AvgIpc) is 2.93. The van der Waals surface area contributed by atoms with Crippen LogP contribution in [-0.4, -0.2) is 20.2 Å². The van der Waals surface area contributed by atoms with Gasteiger partial charge in [0.15, 0.2) is 0 Å². The third-order valence-electron chi connectivity index (χ3n) is 3.67. The van der Waals surface area contributed by atoms with Crippen molar-refractivity contribution in [2.24, 2.45) is 0 Å². The molecule has 2 aromatic rings. The van der Waals surface area contributed by atoms with Gasteiger partial charge >= 0.3 is 5.97 Å². The van der Waals surface area contributed by atoms with Gasteiger partial charge in [-0.2, -0.15) is 0 Å². The number of esters is 1. The summed E-state index contributed by atoms with van der Waals surface area (Å²) >= 11 is 0. The van der Waals surface area contributed by atoms with Crippen LogP contribution in [0, 0.1) is 0 Å². The van der Waals surface area contributed by atoms with E-state index >= 15 is 0 Å². The molecule has 0 atom stereocenters. The lowest BCUT2D eigenvalue weighted by Gasteiger charge is -2.07. The third-order valence-corrected chi connectivity index (χ3v) is 3.67. The van der Waals surface area contributed by atoms with Gasteiger partial charge in [0.25, 0.3) is 0 Å². The van der Waals surface area contributed by atoms with Crippen LogP contribution < -0.4 is 4.74 Å². The Kier molecular flexibility index (Phi) is 3.79. The molecule has 3 rings (SSSR count). The minimum Gasteiger partial charge on any atom is -0.497 e. The van der Waals surface area contributed by atoms with E-state index in [0.717, 1.165) is 28.0 Å². The van der Waals surface area contributed by atoms with Crippen molar-refractivity contribution in [3.05, 3.63) is 70.8 Å². The molecule has 0 saturated heterocycles. The number of carbonyl (C=O) groups is 1. The van der Waals surface area contributed by atoms with Crippen molar-refractivity contribution in [1.29, 1.82) is 0 Å². The van der Waals surface area contributed by atoms with Crippen molar-refractivity contribution >= 4 is 23.7 Å². The van der Waals surface area contributed by atoms with Crippen molar-refractivity contribution in [1.82, 2.24) is 0 Å². The Labute approximate surface area is 129 Å². The standard InChI is InChI=1S/C19H16O3/c1-21-15-9-7-13(8-10-15)11-17-16-6-4-3-5-14(16)12-18(17)19(20)22-2/h3-12H,1-2H3/b17-11-. The maximum Gasteiger partial charge on any atom is 0.338 e. The Bertz CT molecular complexity index is 768. The molecular weight excluding hydrogens is 276 g/mol. The fourth-order valence-electron chi connectivity index (χ4n) is 2.55. The lowest BCUT2D eigenvalue weighted by molar-refractivity contribution is -0.135. The Morgan fingerprint density at radius 2 is 1.73 bits per heavy atom. The van der Waals surface area contributed by atoms with Crippen LogP contribution in [0.1, 0.15) is 16.7 Å². The summed E-state index contributed by atoms with van der Waals surface area (Å²) < 4.78 is 10.1. The van der Waals surface area contributed by atoms with Crippen LogP contribution in [-0.2, 0) is 9.53 Å². The molecule has 0 aliphatic heterocycles. The first-order valence-corrected chi connectivity index (χ1v) is 6.98. The Morgan fingerprint density at radius 3 is 2.41 bits per heavy atom. The van der Waals surface area contributed by atoms with Gasteiger partial charge in [0.2, 0.25) is 0 Å². The van der Waals surface area contributed by atoms with E-state index in [0.29, 0.717) is 5.57 Å². The first-order chi connectivity index (χ1) is 10.7. The van der Waals surface area contributed by atoms with Gasteiger partial charge in [-0.15, -0.1) is 0 Å². The average molecular weight is 292 g/mol. The first kappa shape index (κ1) is 14.1. The second-order valence-corrected chi connectivity index (χ2v) is 4.97. The Morgan fingerprint density at radius 1 is 1.00 bits per heavy atom. The predicted octanol–water partition coefficient (Wildman–Crippen LogP) is 3.81. The molecule has 0 unspecified atom stereocenters. The molecule has 0 saturated carbocycles. The fraction of sp³-hybridized carbons (Fsp3) is 0.105. The molecule has 0 aromatic heterocycles. The number of rotatable bonds is 3. The lowest BCUT2D eigenvalue weighted by atomic mass is 10.00. The third kappa shape index (κ3) is 2.53. The van der Waals surface area contributed by atoms with E-state index in [1.807, 2.05) is 60.7 Å². The minimum absolute atomic E-state index is 0.323. The highest BCUT2D eigenvalue weighted by atomic mass is 16.5. The molecule has 0 N–H and O–H groups in total. The smallest absolute Gasteiger partial charge is 0.338 e. The molecule has 0 fully saturated rings. The van der Waals surface area contributed by atoms with Crippen LogP contribution in [0.3, 0.4) is 0 Å². The van der Waals surface area contributed by atoms with Crippen molar-refractivity contribution in [2.45, 2.75) is 0 Å². The van der Waals surface area contributed by atoms with Crippen LogP contribution in [0.4, 0.5) is 0 Å². The van der Waals surface area contributed by atoms with Crippen LogP contribution in [0.2, 0.25) is 0 Å². The molecule has 22 heavy (non-hydrogen) atoms. The van der Waals surface area contributed by atoms with Gasteiger partial charge in [0, 0.05) is 0 Å². The van der Waals surface area contributed by atoms with E-state index in [-0.39, 0.29) is 5.97 Å². The maximum absolute atomic E-state index is 12.0. The molecule has 2 aromatic carbocycles. The Balaban J connectivity index is 2.06. The lowest BCUT2D eigenvalue weighted by Crippen LogP contribution is -2.03. The molecule has 3 heteroatoms. The van der Waals surface area contributed by atoms with Gasteiger partial charge in [-0.1, -0.05) is 36.4 Å². The predicted molar refractivity (Wildman–Crippen MR) is 87.3 cm³/mol. The van der Waals surface area contributed by atoms with Crippen LogP contribution >= 0.6 is 0 Å². The summed E-state index contributed by atoms with van der Waals surface area (Å²) in [6, 6.07) is 15.6. The molecule has 0 spiro atoms. The maximum atomic E-state index is 12.0. The molecule has 0 radical (unpaired) electrons. The number of carbonyl (C=O) groups excluding carboxylic acids is 1. The Hall–Kier alpha value is -2.81. The molecular formula is C19H16O3. The highest BCUT2D eigenvalue weighted by Crippen LogP contribution is 2.37. The monoisotopic (exact) mass is 292 g/mol. The summed E-state index contributed by atoms with van der Waals surface area (Å²) in [5.74, 6) is 0.480. The van der Waals surface area contributed by atoms with Gasteiger partial charge in [-0.05, 0) is 46.5 Å². The summed E-state index contributed by atoms with van der Waals surface area (Å²) in [6.45, 7) is 0. The normalized spacial score (nSPS) is 14.5. The van der Waals surface area contributed by atoms with Gasteiger partial charge in [0.05, 0.1) is 19.8 Å². The van der Waals surface area contributed by atoms with Gasteiger partial charge < -0.3 is 9.47 Å². The van der Waals surface area contributed by atoms with E-state index in [1.54, 1.807) is 7.11 Å². The van der Waals surface area contributed by atoms with Crippen LogP contribution in [0.5, 0.6) is 5.75 Å². The zero-order valence-corrected chi connectivity index (χ0v) is 12.5. The van der Waals surface area contributed by atoms with E-state index < -0.39 is 0 Å². The fourth-order valence-corrected chi connectivity index (χ4v) is 2.55. The number of hydrogen-bond donors (Lipinski definition) is 0. The second-order valence-electron chi connectivity index (χ2n) is 4.97. The van der Waals surface area contributed by atoms with Crippen molar-refractivity contribution in [3.63, 3.8) is 0 Å². The summed E-state index contributed by atoms with van der Waals surface area (Å²) in [6.07, 6.45) is 3.87. The summed E-state index contributed by atoms with van der Waals surface area (Å²) in [5.41, 5.74) is 4.54. The highest BCUT2D eigenvalue weighted by Gasteiger charge is 2.24. The SMILES string of the molecule is COC(=O)C1=Cc2ccccc2/C1=C/c1ccc(OC)cc1. The van der Waals surface area contributed by atoms with Gasteiger partial charge in [0.1, 0.15) is 5.75 Å². The van der Waals surface area contributed by atoms with Crippen molar-refractivity contribution in [3.8, 4) is 5.75 Å². The largest absolute Gasteiger partial charge is 0.497 e. The zero-order valence-electron chi connectivity index (χ0n) is 12.5. The summed E-state index contributed by atoms with van der Waals surface area (Å²) in [7, 11) is 3.04. The topological polar surface area (TPSA) is 35.5 Å². The second kappa shape index (κ2) is 5.90. The van der Waals surface area contributed by atoms with Crippen LogP contribution in [0.25, 0.3) is 17.7 Å².